The normalized spacial score (nSPS) is 13.6. The maximum absolute atomic E-state index is 2.53. The molecule has 0 saturated carbocycles. The van der Waals surface area contributed by atoms with E-state index in [0.29, 0.717) is 0 Å². The van der Waals surface area contributed by atoms with Crippen molar-refractivity contribution in [2.24, 2.45) is 0 Å². The summed E-state index contributed by atoms with van der Waals surface area (Å²) in [5, 5.41) is 5.23. The number of hydrogen-bond acceptors (Lipinski definition) is 1. The minimum absolute atomic E-state index is 0.355. The molecule has 0 amide bonds. The number of benzene rings is 8. The predicted octanol–water partition coefficient (Wildman–Crippen LogP) is 13.2. The molecule has 51 heavy (non-hydrogen) atoms. The number of hydrogen-bond donors (Lipinski definition) is 0. The summed E-state index contributed by atoms with van der Waals surface area (Å²) < 4.78 is 5.16. The number of para-hydroxylation sites is 1. The Balaban J connectivity index is 1.10. The highest BCUT2D eigenvalue weighted by Gasteiger charge is 2.51. The third-order valence-corrected chi connectivity index (χ3v) is 12.9. The summed E-state index contributed by atoms with van der Waals surface area (Å²) in [6, 6.07) is 65.8. The van der Waals surface area contributed by atoms with Gasteiger partial charge in [0.1, 0.15) is 0 Å². The van der Waals surface area contributed by atoms with Crippen molar-refractivity contribution in [3.63, 3.8) is 0 Å². The van der Waals surface area contributed by atoms with Gasteiger partial charge in [0.2, 0.25) is 0 Å². The molecule has 0 unspecified atom stereocenters. The van der Waals surface area contributed by atoms with E-state index >= 15 is 0 Å². The molecule has 0 radical (unpaired) electrons. The van der Waals surface area contributed by atoms with Gasteiger partial charge in [-0.05, 0) is 92.0 Å². The van der Waals surface area contributed by atoms with E-state index in [1.807, 2.05) is 11.3 Å². The first-order valence-electron chi connectivity index (χ1n) is 17.7. The van der Waals surface area contributed by atoms with Gasteiger partial charge in [-0.3, -0.25) is 0 Å². The van der Waals surface area contributed by atoms with Crippen LogP contribution < -0.4 is 0 Å². The molecule has 2 aliphatic rings. The van der Waals surface area contributed by atoms with Gasteiger partial charge in [0.05, 0.1) is 16.4 Å². The lowest BCUT2D eigenvalue weighted by molar-refractivity contribution is 0.795. The molecule has 8 aromatic carbocycles. The van der Waals surface area contributed by atoms with Gasteiger partial charge >= 0.3 is 0 Å². The van der Waals surface area contributed by atoms with Gasteiger partial charge in [-0.1, -0.05) is 140 Å². The Morgan fingerprint density at radius 1 is 0.373 bits per heavy atom. The van der Waals surface area contributed by atoms with Crippen LogP contribution in [0.25, 0.3) is 81.0 Å². The molecule has 2 aliphatic carbocycles. The van der Waals surface area contributed by atoms with Gasteiger partial charge in [0.15, 0.2) is 0 Å². The van der Waals surface area contributed by atoms with E-state index in [-0.39, 0.29) is 5.41 Å². The van der Waals surface area contributed by atoms with Crippen molar-refractivity contribution in [3.05, 3.63) is 198 Å². The summed E-state index contributed by atoms with van der Waals surface area (Å²) >= 11 is 1.89. The summed E-state index contributed by atoms with van der Waals surface area (Å²) in [5.41, 5.74) is 16.6. The number of rotatable bonds is 2. The molecule has 1 spiro atoms. The van der Waals surface area contributed by atoms with E-state index in [0.717, 1.165) is 0 Å². The lowest BCUT2D eigenvalue weighted by Gasteiger charge is -2.30. The largest absolute Gasteiger partial charge is 0.309 e. The van der Waals surface area contributed by atoms with Gasteiger partial charge in [-0.2, -0.15) is 0 Å². The van der Waals surface area contributed by atoms with Crippen molar-refractivity contribution in [2.45, 2.75) is 5.41 Å². The zero-order chi connectivity index (χ0) is 33.3. The van der Waals surface area contributed by atoms with E-state index in [1.165, 1.54) is 103 Å². The average Bonchev–Trinajstić information content (AvgIpc) is 3.91. The summed E-state index contributed by atoms with van der Waals surface area (Å²) in [5.74, 6) is 0. The molecule has 1 nitrogen and oxygen atoms in total. The van der Waals surface area contributed by atoms with Crippen LogP contribution in [0.15, 0.2) is 176 Å². The molecule has 0 fully saturated rings. The Labute approximate surface area is 299 Å². The van der Waals surface area contributed by atoms with Crippen LogP contribution in [0.5, 0.6) is 0 Å². The van der Waals surface area contributed by atoms with Gasteiger partial charge < -0.3 is 4.57 Å². The van der Waals surface area contributed by atoms with E-state index in [9.17, 15) is 0 Å². The van der Waals surface area contributed by atoms with Gasteiger partial charge in [0, 0.05) is 36.6 Å². The van der Waals surface area contributed by atoms with Crippen molar-refractivity contribution < 1.29 is 0 Å². The Hall–Kier alpha value is -6.22. The number of aromatic nitrogens is 1. The van der Waals surface area contributed by atoms with Crippen LogP contribution >= 0.6 is 11.3 Å². The second-order valence-corrected chi connectivity index (χ2v) is 15.0. The van der Waals surface area contributed by atoms with Crippen molar-refractivity contribution >= 4 is 53.3 Å². The third kappa shape index (κ3) is 3.45. The van der Waals surface area contributed by atoms with Crippen molar-refractivity contribution in [3.8, 4) is 39.1 Å². The summed E-state index contributed by atoms with van der Waals surface area (Å²) in [7, 11) is 0. The smallest absolute Gasteiger partial charge is 0.0725 e. The Bertz CT molecular complexity index is 3040. The van der Waals surface area contributed by atoms with E-state index in [2.05, 4.69) is 180 Å². The number of fused-ring (bicyclic) bond motifs is 16. The van der Waals surface area contributed by atoms with Crippen LogP contribution in [0.3, 0.4) is 0 Å². The molecular formula is C49H29NS. The minimum atomic E-state index is -0.355. The molecule has 236 valence electrons. The predicted molar refractivity (Wildman–Crippen MR) is 215 cm³/mol. The topological polar surface area (TPSA) is 4.93 Å². The maximum atomic E-state index is 2.53. The molecule has 10 aromatic rings. The molecule has 0 bridgehead atoms. The first-order valence-corrected chi connectivity index (χ1v) is 18.5. The second-order valence-electron chi connectivity index (χ2n) is 14.0. The summed E-state index contributed by atoms with van der Waals surface area (Å²) in [6.45, 7) is 0. The molecule has 2 heterocycles. The second kappa shape index (κ2) is 9.94. The molecular weight excluding hydrogens is 635 g/mol. The van der Waals surface area contributed by atoms with E-state index in [1.54, 1.807) is 0 Å². The van der Waals surface area contributed by atoms with Crippen LogP contribution in [0.2, 0.25) is 0 Å². The van der Waals surface area contributed by atoms with E-state index < -0.39 is 0 Å². The highest BCUT2D eigenvalue weighted by Crippen LogP contribution is 2.63. The van der Waals surface area contributed by atoms with Crippen molar-refractivity contribution in [1.82, 2.24) is 4.57 Å². The fraction of sp³-hybridized carbons (Fsp3) is 0.0204. The first kappa shape index (κ1) is 27.6. The molecule has 0 atom stereocenters. The lowest BCUT2D eigenvalue weighted by Crippen LogP contribution is -2.25. The maximum Gasteiger partial charge on any atom is 0.0725 e. The Kier molecular flexibility index (Phi) is 5.38. The van der Waals surface area contributed by atoms with Crippen LogP contribution in [-0.4, -0.2) is 4.57 Å². The lowest BCUT2D eigenvalue weighted by atomic mass is 9.70. The molecule has 0 N–H and O–H groups in total. The zero-order valence-electron chi connectivity index (χ0n) is 27.6. The van der Waals surface area contributed by atoms with Crippen LogP contribution in [0.1, 0.15) is 22.3 Å². The average molecular weight is 664 g/mol. The number of thiophene rings is 1. The summed E-state index contributed by atoms with van der Waals surface area (Å²) in [6.07, 6.45) is 0. The first-order chi connectivity index (χ1) is 25.3. The van der Waals surface area contributed by atoms with E-state index in [4.69, 9.17) is 0 Å². The third-order valence-electron chi connectivity index (χ3n) is 11.6. The molecule has 2 aromatic heterocycles. The quantitative estimate of drug-likeness (QED) is 0.173. The Morgan fingerprint density at radius 2 is 0.941 bits per heavy atom. The van der Waals surface area contributed by atoms with Gasteiger partial charge in [0.25, 0.3) is 0 Å². The molecule has 2 heteroatoms. The van der Waals surface area contributed by atoms with Gasteiger partial charge in [-0.25, -0.2) is 0 Å². The highest BCUT2D eigenvalue weighted by molar-refractivity contribution is 7.26. The standard InChI is InChI=1S/C49H29NS/c1-6-19-41-33(12-1)34-13-2-7-20-42(34)49(41)43-21-8-3-14-35(43)39-29-46-40(28-44(39)49)36-15-4-9-22-45(36)50(46)31-26-24-30(25-27-31)32-17-11-18-38-37-16-5-10-23-47(37)51-48(32)38/h1-29H. The summed E-state index contributed by atoms with van der Waals surface area (Å²) in [4.78, 5) is 0. The van der Waals surface area contributed by atoms with Crippen LogP contribution in [0.4, 0.5) is 0 Å². The minimum Gasteiger partial charge on any atom is -0.309 e. The highest BCUT2D eigenvalue weighted by atomic mass is 32.1. The van der Waals surface area contributed by atoms with Crippen LogP contribution in [-0.2, 0) is 5.41 Å². The molecule has 0 saturated heterocycles. The number of nitrogens with zero attached hydrogens (tertiary/aromatic N) is 1. The zero-order valence-corrected chi connectivity index (χ0v) is 28.4. The fourth-order valence-corrected chi connectivity index (χ4v) is 10.8. The van der Waals surface area contributed by atoms with Gasteiger partial charge in [-0.15, -0.1) is 11.3 Å². The molecule has 0 aliphatic heterocycles. The Morgan fingerprint density at radius 3 is 1.67 bits per heavy atom. The SMILES string of the molecule is c1ccc2c(c1)-c1ccccc1C21c2ccccc2-c2cc3c(cc21)c1ccccc1n3-c1ccc(-c2cccc3c2sc2ccccc23)cc1. The van der Waals surface area contributed by atoms with Crippen molar-refractivity contribution in [2.75, 3.05) is 0 Å². The molecule has 12 rings (SSSR count). The van der Waals surface area contributed by atoms with Crippen molar-refractivity contribution in [1.29, 1.82) is 0 Å². The fourth-order valence-electron chi connectivity index (χ4n) is 9.60. The monoisotopic (exact) mass is 663 g/mol. The van der Waals surface area contributed by atoms with Crippen LogP contribution in [0, 0.1) is 0 Å².